The minimum absolute atomic E-state index is 0.0202. The van der Waals surface area contributed by atoms with E-state index >= 15 is 0 Å². The minimum Gasteiger partial charge on any atom is -0.354 e. The maximum Gasteiger partial charge on any atom is 0.265 e. The van der Waals surface area contributed by atoms with Crippen LogP contribution < -0.4 is 5.32 Å². The van der Waals surface area contributed by atoms with Crippen LogP contribution in [-0.2, 0) is 0 Å². The highest BCUT2D eigenvalue weighted by Gasteiger charge is 2.31. The molecule has 3 N–H and O–H groups in total. The molecule has 0 saturated carbocycles. The second-order valence-electron chi connectivity index (χ2n) is 3.99. The van der Waals surface area contributed by atoms with Gasteiger partial charge in [0.25, 0.3) is 5.70 Å². The molecule has 1 unspecified atom stereocenters. The predicted octanol–water partition coefficient (Wildman–Crippen LogP) is 0.114. The molecule has 0 heterocycles. The van der Waals surface area contributed by atoms with Gasteiger partial charge in [0.1, 0.15) is 0 Å². The lowest BCUT2D eigenvalue weighted by molar-refractivity contribution is -0.419. The Hall–Kier alpha value is -1.24. The molecule has 6 nitrogen and oxygen atoms in total. The van der Waals surface area contributed by atoms with Crippen molar-refractivity contribution in [2.45, 2.75) is 31.7 Å². The van der Waals surface area contributed by atoms with E-state index in [-0.39, 0.29) is 5.70 Å². The number of rotatable bonds is 3. The zero-order valence-corrected chi connectivity index (χ0v) is 8.60. The van der Waals surface area contributed by atoms with Gasteiger partial charge in [-0.1, -0.05) is 6.08 Å². The molecule has 1 rings (SSSR count). The zero-order chi connectivity index (χ0) is 11.7. The molecule has 15 heavy (non-hydrogen) atoms. The van der Waals surface area contributed by atoms with E-state index in [0.29, 0.717) is 6.42 Å². The molecular weight excluding hydrogens is 200 g/mol. The average molecular weight is 214 g/mol. The SMILES string of the molecule is CC(O)(O)NC1(C)C=CC([N+](=O)[O-])=CC1. The first-order valence-corrected chi connectivity index (χ1v) is 4.50. The molecular formula is C9H14N2O4. The van der Waals surface area contributed by atoms with E-state index in [2.05, 4.69) is 5.32 Å². The summed E-state index contributed by atoms with van der Waals surface area (Å²) in [6.45, 7) is 2.92. The smallest absolute Gasteiger partial charge is 0.265 e. The number of hydrogen-bond acceptors (Lipinski definition) is 5. The van der Waals surface area contributed by atoms with Crippen LogP contribution in [0.2, 0.25) is 0 Å². The van der Waals surface area contributed by atoms with Crippen LogP contribution in [0.5, 0.6) is 0 Å². The fraction of sp³-hybridized carbons (Fsp3) is 0.556. The van der Waals surface area contributed by atoms with Gasteiger partial charge in [0.15, 0.2) is 0 Å². The Morgan fingerprint density at radius 1 is 1.67 bits per heavy atom. The molecule has 0 bridgehead atoms. The van der Waals surface area contributed by atoms with Crippen molar-refractivity contribution in [1.82, 2.24) is 5.32 Å². The van der Waals surface area contributed by atoms with Gasteiger partial charge in [-0.05, 0) is 19.4 Å². The van der Waals surface area contributed by atoms with E-state index < -0.39 is 16.4 Å². The number of nitrogens with zero attached hydrogens (tertiary/aromatic N) is 1. The monoisotopic (exact) mass is 214 g/mol. The summed E-state index contributed by atoms with van der Waals surface area (Å²) in [7, 11) is 0. The number of aliphatic hydroxyl groups is 2. The van der Waals surface area contributed by atoms with Crippen molar-refractivity contribution in [1.29, 1.82) is 0 Å². The summed E-state index contributed by atoms with van der Waals surface area (Å²) in [5, 5.41) is 31.3. The van der Waals surface area contributed by atoms with Crippen LogP contribution in [0.4, 0.5) is 0 Å². The molecule has 84 valence electrons. The van der Waals surface area contributed by atoms with Crippen LogP contribution in [0.3, 0.4) is 0 Å². The Balaban J connectivity index is 2.72. The second-order valence-corrected chi connectivity index (χ2v) is 3.99. The van der Waals surface area contributed by atoms with Gasteiger partial charge in [0.2, 0.25) is 5.91 Å². The third-order valence-electron chi connectivity index (χ3n) is 2.09. The van der Waals surface area contributed by atoms with Gasteiger partial charge in [-0.15, -0.1) is 0 Å². The molecule has 1 aliphatic rings. The summed E-state index contributed by atoms with van der Waals surface area (Å²) in [5.41, 5.74) is -0.663. The highest BCUT2D eigenvalue weighted by atomic mass is 16.6. The number of nitro groups is 1. The summed E-state index contributed by atoms with van der Waals surface area (Å²) < 4.78 is 0. The summed E-state index contributed by atoms with van der Waals surface area (Å²) in [6.07, 6.45) is 4.67. The van der Waals surface area contributed by atoms with Crippen LogP contribution in [-0.4, -0.2) is 26.6 Å². The molecule has 0 fully saturated rings. The van der Waals surface area contributed by atoms with Crippen LogP contribution in [0.25, 0.3) is 0 Å². The van der Waals surface area contributed by atoms with Crippen LogP contribution in [0.15, 0.2) is 23.9 Å². The molecule has 0 amide bonds. The van der Waals surface area contributed by atoms with Gasteiger partial charge in [-0.3, -0.25) is 15.4 Å². The van der Waals surface area contributed by atoms with Crippen molar-refractivity contribution in [2.24, 2.45) is 0 Å². The van der Waals surface area contributed by atoms with Crippen molar-refractivity contribution in [2.75, 3.05) is 0 Å². The van der Waals surface area contributed by atoms with E-state index in [4.69, 9.17) is 10.2 Å². The van der Waals surface area contributed by atoms with Crippen molar-refractivity contribution in [3.8, 4) is 0 Å². The van der Waals surface area contributed by atoms with Crippen LogP contribution >= 0.6 is 0 Å². The predicted molar refractivity (Wildman–Crippen MR) is 53.2 cm³/mol. The lowest BCUT2D eigenvalue weighted by Gasteiger charge is -2.33. The quantitative estimate of drug-likeness (QED) is 0.352. The maximum atomic E-state index is 10.4. The standard InChI is InChI=1S/C9H14N2O4/c1-8(10-9(2,12)13)5-3-7(4-6-8)11(14)15/h3-5,10,12-13H,6H2,1-2H3. The van der Waals surface area contributed by atoms with Gasteiger partial charge in [-0.25, -0.2) is 0 Å². The minimum atomic E-state index is -2.00. The molecule has 6 heteroatoms. The number of nitrogens with one attached hydrogen (secondary N) is 1. The fourth-order valence-corrected chi connectivity index (χ4v) is 1.49. The lowest BCUT2D eigenvalue weighted by Crippen LogP contribution is -2.54. The summed E-state index contributed by atoms with van der Waals surface area (Å²) >= 11 is 0. The van der Waals surface area contributed by atoms with Crippen molar-refractivity contribution < 1.29 is 15.1 Å². The van der Waals surface area contributed by atoms with Gasteiger partial charge in [-0.2, -0.15) is 0 Å². The average Bonchev–Trinajstić information content (AvgIpc) is 2.00. The summed E-state index contributed by atoms with van der Waals surface area (Å²) in [4.78, 5) is 9.94. The normalized spacial score (nSPS) is 26.3. The Morgan fingerprint density at radius 3 is 2.60 bits per heavy atom. The van der Waals surface area contributed by atoms with E-state index in [9.17, 15) is 10.1 Å². The van der Waals surface area contributed by atoms with E-state index in [1.54, 1.807) is 13.0 Å². The first-order chi connectivity index (χ1) is 6.72. The van der Waals surface area contributed by atoms with Crippen molar-refractivity contribution in [3.05, 3.63) is 34.0 Å². The van der Waals surface area contributed by atoms with Crippen molar-refractivity contribution >= 4 is 0 Å². The molecule has 0 aromatic carbocycles. The summed E-state index contributed by atoms with van der Waals surface area (Å²) in [6, 6.07) is 0. The molecule has 0 spiro atoms. The number of hydrogen-bond donors (Lipinski definition) is 3. The van der Waals surface area contributed by atoms with Crippen LogP contribution in [0.1, 0.15) is 20.3 Å². The van der Waals surface area contributed by atoms with Gasteiger partial charge >= 0.3 is 0 Å². The topological polar surface area (TPSA) is 95.6 Å². The molecule has 0 aliphatic heterocycles. The highest BCUT2D eigenvalue weighted by molar-refractivity contribution is 5.24. The Bertz CT molecular complexity index is 329. The largest absolute Gasteiger partial charge is 0.354 e. The third-order valence-corrected chi connectivity index (χ3v) is 2.09. The molecule has 1 atom stereocenters. The highest BCUT2D eigenvalue weighted by Crippen LogP contribution is 2.22. The maximum absolute atomic E-state index is 10.4. The second kappa shape index (κ2) is 3.73. The van der Waals surface area contributed by atoms with E-state index in [1.807, 2.05) is 0 Å². The Labute approximate surface area is 87.1 Å². The van der Waals surface area contributed by atoms with Gasteiger partial charge in [0, 0.05) is 18.5 Å². The Kier molecular flexibility index (Phi) is 2.94. The lowest BCUT2D eigenvalue weighted by atomic mass is 9.92. The van der Waals surface area contributed by atoms with Gasteiger partial charge in [0.05, 0.1) is 4.92 Å². The molecule has 0 aromatic rings. The van der Waals surface area contributed by atoms with E-state index in [0.717, 1.165) is 0 Å². The van der Waals surface area contributed by atoms with Crippen molar-refractivity contribution in [3.63, 3.8) is 0 Å². The van der Waals surface area contributed by atoms with Crippen LogP contribution in [0, 0.1) is 10.1 Å². The summed E-state index contributed by atoms with van der Waals surface area (Å²) in [5.74, 6) is -2.00. The zero-order valence-electron chi connectivity index (χ0n) is 8.60. The molecule has 0 radical (unpaired) electrons. The molecule has 0 aromatic heterocycles. The first-order valence-electron chi connectivity index (χ1n) is 4.50. The first kappa shape index (κ1) is 11.8. The van der Waals surface area contributed by atoms with Gasteiger partial charge < -0.3 is 10.2 Å². The van der Waals surface area contributed by atoms with E-state index in [1.165, 1.54) is 19.1 Å². The number of allylic oxidation sites excluding steroid dienone is 1. The molecule has 0 saturated heterocycles. The molecule has 1 aliphatic carbocycles. The fourth-order valence-electron chi connectivity index (χ4n) is 1.49. The third kappa shape index (κ3) is 3.43. The Morgan fingerprint density at radius 2 is 2.27 bits per heavy atom.